The maximum absolute atomic E-state index is 13.1. The van der Waals surface area contributed by atoms with Gasteiger partial charge in [-0.3, -0.25) is 0 Å². The molecule has 0 spiro atoms. The number of piperazine rings is 1. The molecule has 0 aliphatic carbocycles. The highest BCUT2D eigenvalue weighted by molar-refractivity contribution is 7.89. The lowest BCUT2D eigenvalue weighted by atomic mass is 10.2. The molecule has 5 rings (SSSR count). The SMILES string of the molecule is Cc1cc(N2CCN(S(=O)(=O)c3ccc4c(c3)CCO4)CC2)nc(N2CCCC2)n1. The Morgan fingerprint density at radius 1 is 0.933 bits per heavy atom. The van der Waals surface area contributed by atoms with Gasteiger partial charge in [0.25, 0.3) is 0 Å². The normalized spacial score (nSPS) is 19.8. The van der Waals surface area contributed by atoms with E-state index in [4.69, 9.17) is 9.72 Å². The van der Waals surface area contributed by atoms with Crippen molar-refractivity contribution in [1.29, 1.82) is 0 Å². The Hall–Kier alpha value is -2.39. The van der Waals surface area contributed by atoms with E-state index in [-0.39, 0.29) is 0 Å². The van der Waals surface area contributed by atoms with Crippen molar-refractivity contribution in [3.8, 4) is 5.75 Å². The van der Waals surface area contributed by atoms with Crippen LogP contribution in [-0.2, 0) is 16.4 Å². The molecule has 0 amide bonds. The molecule has 2 aromatic rings. The molecule has 1 aromatic heterocycles. The minimum Gasteiger partial charge on any atom is -0.493 e. The average molecular weight is 430 g/mol. The number of sulfonamides is 1. The number of benzene rings is 1. The van der Waals surface area contributed by atoms with Crippen molar-refractivity contribution in [3.63, 3.8) is 0 Å². The summed E-state index contributed by atoms with van der Waals surface area (Å²) in [6.45, 7) is 6.72. The first-order chi connectivity index (χ1) is 14.5. The molecule has 2 fully saturated rings. The van der Waals surface area contributed by atoms with Crippen LogP contribution in [0, 0.1) is 6.92 Å². The van der Waals surface area contributed by atoms with Crippen LogP contribution in [0.25, 0.3) is 0 Å². The summed E-state index contributed by atoms with van der Waals surface area (Å²) in [5.74, 6) is 2.47. The van der Waals surface area contributed by atoms with Gasteiger partial charge in [-0.2, -0.15) is 9.29 Å². The summed E-state index contributed by atoms with van der Waals surface area (Å²) in [4.78, 5) is 14.1. The zero-order valence-electron chi connectivity index (χ0n) is 17.2. The van der Waals surface area contributed by atoms with E-state index >= 15 is 0 Å². The minimum atomic E-state index is -3.51. The number of anilines is 2. The quantitative estimate of drug-likeness (QED) is 0.734. The van der Waals surface area contributed by atoms with E-state index < -0.39 is 10.0 Å². The lowest BCUT2D eigenvalue weighted by molar-refractivity contribution is 0.356. The predicted molar refractivity (Wildman–Crippen MR) is 115 cm³/mol. The molecule has 4 heterocycles. The van der Waals surface area contributed by atoms with Crippen molar-refractivity contribution >= 4 is 21.8 Å². The van der Waals surface area contributed by atoms with Crippen LogP contribution in [0.15, 0.2) is 29.2 Å². The lowest BCUT2D eigenvalue weighted by Crippen LogP contribution is -2.49. The van der Waals surface area contributed by atoms with E-state index in [0.717, 1.165) is 48.3 Å². The summed E-state index contributed by atoms with van der Waals surface area (Å²) in [5, 5.41) is 0. The van der Waals surface area contributed by atoms with Crippen molar-refractivity contribution in [2.24, 2.45) is 0 Å². The maximum atomic E-state index is 13.1. The Morgan fingerprint density at radius 3 is 2.47 bits per heavy atom. The lowest BCUT2D eigenvalue weighted by Gasteiger charge is -2.35. The van der Waals surface area contributed by atoms with Crippen LogP contribution in [0.2, 0.25) is 0 Å². The Labute approximate surface area is 177 Å². The molecular formula is C21H27N5O3S. The van der Waals surface area contributed by atoms with Gasteiger partial charge in [0, 0.05) is 57.4 Å². The van der Waals surface area contributed by atoms with Crippen LogP contribution < -0.4 is 14.5 Å². The fraction of sp³-hybridized carbons (Fsp3) is 0.524. The van der Waals surface area contributed by atoms with Crippen molar-refractivity contribution < 1.29 is 13.2 Å². The summed E-state index contributed by atoms with van der Waals surface area (Å²) in [6, 6.07) is 7.18. The Kier molecular flexibility index (Phi) is 5.02. The monoisotopic (exact) mass is 429 g/mol. The van der Waals surface area contributed by atoms with Crippen LogP contribution in [0.1, 0.15) is 24.1 Å². The fourth-order valence-electron chi connectivity index (χ4n) is 4.39. The molecule has 0 unspecified atom stereocenters. The average Bonchev–Trinajstić information content (AvgIpc) is 3.45. The highest BCUT2D eigenvalue weighted by atomic mass is 32.2. The summed E-state index contributed by atoms with van der Waals surface area (Å²) < 4.78 is 33.4. The molecule has 0 radical (unpaired) electrons. The molecular weight excluding hydrogens is 402 g/mol. The van der Waals surface area contributed by atoms with E-state index in [2.05, 4.69) is 14.8 Å². The van der Waals surface area contributed by atoms with E-state index in [0.29, 0.717) is 37.7 Å². The second-order valence-corrected chi connectivity index (χ2v) is 10.1. The van der Waals surface area contributed by atoms with Crippen molar-refractivity contribution in [2.75, 3.05) is 55.7 Å². The molecule has 3 aliphatic rings. The van der Waals surface area contributed by atoms with E-state index in [1.54, 1.807) is 22.5 Å². The highest BCUT2D eigenvalue weighted by Gasteiger charge is 2.30. The van der Waals surface area contributed by atoms with E-state index in [1.807, 2.05) is 13.0 Å². The van der Waals surface area contributed by atoms with Gasteiger partial charge in [0.1, 0.15) is 11.6 Å². The summed E-state index contributed by atoms with van der Waals surface area (Å²) in [5.41, 5.74) is 1.91. The molecule has 2 saturated heterocycles. The third-order valence-corrected chi connectivity index (χ3v) is 7.97. The van der Waals surface area contributed by atoms with Crippen molar-refractivity contribution in [1.82, 2.24) is 14.3 Å². The Balaban J connectivity index is 1.30. The zero-order valence-corrected chi connectivity index (χ0v) is 18.1. The summed E-state index contributed by atoms with van der Waals surface area (Å²) >= 11 is 0. The standard InChI is InChI=1S/C21H27N5O3S/c1-16-14-20(23-21(22-16)25-7-2-3-8-25)24-9-11-26(12-10-24)30(27,28)18-4-5-19-17(15-18)6-13-29-19/h4-5,14-15H,2-3,6-13H2,1H3. The Bertz CT molecular complexity index is 1040. The van der Waals surface area contributed by atoms with Gasteiger partial charge in [0.2, 0.25) is 16.0 Å². The molecule has 0 atom stereocenters. The number of aromatic nitrogens is 2. The smallest absolute Gasteiger partial charge is 0.243 e. The number of aryl methyl sites for hydroxylation is 1. The van der Waals surface area contributed by atoms with Crippen molar-refractivity contribution in [3.05, 3.63) is 35.5 Å². The molecule has 9 heteroatoms. The van der Waals surface area contributed by atoms with Gasteiger partial charge >= 0.3 is 0 Å². The molecule has 8 nitrogen and oxygen atoms in total. The molecule has 0 N–H and O–H groups in total. The number of nitrogens with zero attached hydrogens (tertiary/aromatic N) is 5. The van der Waals surface area contributed by atoms with Crippen molar-refractivity contribution in [2.45, 2.75) is 31.1 Å². The minimum absolute atomic E-state index is 0.356. The van der Waals surface area contributed by atoms with E-state index in [1.165, 1.54) is 12.8 Å². The molecule has 30 heavy (non-hydrogen) atoms. The van der Waals surface area contributed by atoms with Crippen LogP contribution in [-0.4, -0.2) is 68.6 Å². The van der Waals surface area contributed by atoms with Gasteiger partial charge in [-0.05, 0) is 43.5 Å². The summed E-state index contributed by atoms with van der Waals surface area (Å²) in [6.07, 6.45) is 3.12. The van der Waals surface area contributed by atoms with Gasteiger partial charge < -0.3 is 14.5 Å². The number of rotatable bonds is 4. The van der Waals surface area contributed by atoms with Gasteiger partial charge in [0.05, 0.1) is 11.5 Å². The van der Waals surface area contributed by atoms with Gasteiger partial charge in [-0.25, -0.2) is 13.4 Å². The molecule has 3 aliphatic heterocycles. The molecule has 0 saturated carbocycles. The largest absolute Gasteiger partial charge is 0.493 e. The van der Waals surface area contributed by atoms with Gasteiger partial charge in [0.15, 0.2) is 0 Å². The van der Waals surface area contributed by atoms with Gasteiger partial charge in [-0.15, -0.1) is 0 Å². The zero-order chi connectivity index (χ0) is 20.7. The third kappa shape index (κ3) is 3.60. The van der Waals surface area contributed by atoms with Crippen LogP contribution in [0.4, 0.5) is 11.8 Å². The number of ether oxygens (including phenoxy) is 1. The first-order valence-electron chi connectivity index (χ1n) is 10.6. The molecule has 1 aromatic carbocycles. The molecule has 0 bridgehead atoms. The molecule has 160 valence electrons. The predicted octanol–water partition coefficient (Wildman–Crippen LogP) is 1.83. The van der Waals surface area contributed by atoms with Crippen LogP contribution in [0.3, 0.4) is 0 Å². The maximum Gasteiger partial charge on any atom is 0.243 e. The van der Waals surface area contributed by atoms with E-state index in [9.17, 15) is 8.42 Å². The third-order valence-electron chi connectivity index (χ3n) is 6.08. The second-order valence-electron chi connectivity index (χ2n) is 8.12. The Morgan fingerprint density at radius 2 is 1.70 bits per heavy atom. The van der Waals surface area contributed by atoms with Crippen LogP contribution >= 0.6 is 0 Å². The highest BCUT2D eigenvalue weighted by Crippen LogP contribution is 2.29. The second kappa shape index (κ2) is 7.70. The van der Waals surface area contributed by atoms with Crippen LogP contribution in [0.5, 0.6) is 5.75 Å². The number of fused-ring (bicyclic) bond motifs is 1. The summed E-state index contributed by atoms with van der Waals surface area (Å²) in [7, 11) is -3.51. The first-order valence-corrected chi connectivity index (χ1v) is 12.1. The number of hydrogen-bond donors (Lipinski definition) is 0. The first kappa shape index (κ1) is 19.6. The fourth-order valence-corrected chi connectivity index (χ4v) is 5.86. The van der Waals surface area contributed by atoms with Gasteiger partial charge in [-0.1, -0.05) is 0 Å². The number of hydrogen-bond acceptors (Lipinski definition) is 7. The topological polar surface area (TPSA) is 78.9 Å².